The fourth-order valence-electron chi connectivity index (χ4n) is 1.95. The van der Waals surface area contributed by atoms with Crippen molar-refractivity contribution in [3.8, 4) is 0 Å². The van der Waals surface area contributed by atoms with E-state index in [2.05, 4.69) is 15.5 Å². The molecule has 1 aliphatic carbocycles. The summed E-state index contributed by atoms with van der Waals surface area (Å²) >= 11 is 0. The van der Waals surface area contributed by atoms with Crippen LogP contribution in [-0.2, 0) is 24.4 Å². The molecule has 0 atom stereocenters. The van der Waals surface area contributed by atoms with Crippen LogP contribution in [0.25, 0.3) is 0 Å². The third-order valence-electron chi connectivity index (χ3n) is 3.07. The molecule has 1 aliphatic rings. The highest BCUT2D eigenvalue weighted by molar-refractivity contribution is 5.07. The Balaban J connectivity index is 1.55. The van der Waals surface area contributed by atoms with Gasteiger partial charge in [-0.1, -0.05) is 5.16 Å². The van der Waals surface area contributed by atoms with Crippen LogP contribution in [0.3, 0.4) is 0 Å². The molecule has 6 nitrogen and oxygen atoms in total. The Morgan fingerprint density at radius 1 is 1.47 bits per heavy atom. The predicted molar refractivity (Wildman–Crippen MR) is 68.4 cm³/mol. The summed E-state index contributed by atoms with van der Waals surface area (Å²) in [7, 11) is 1.64. The van der Waals surface area contributed by atoms with E-state index in [4.69, 9.17) is 9.26 Å². The fraction of sp³-hybridized carbons (Fsp3) is 0.538. The van der Waals surface area contributed by atoms with E-state index < -0.39 is 0 Å². The smallest absolute Gasteiger partial charge is 0.162 e. The van der Waals surface area contributed by atoms with Gasteiger partial charge in [-0.25, -0.2) is 4.98 Å². The largest absolute Gasteiger partial charge is 0.377 e. The van der Waals surface area contributed by atoms with Crippen molar-refractivity contribution in [3.05, 3.63) is 35.7 Å². The first-order valence-electron chi connectivity index (χ1n) is 6.51. The van der Waals surface area contributed by atoms with Gasteiger partial charge in [-0.05, 0) is 12.8 Å². The number of hydrogen-bond donors (Lipinski definition) is 1. The molecule has 0 unspecified atom stereocenters. The number of nitrogens with zero attached hydrogens (tertiary/aromatic N) is 3. The molecule has 2 heterocycles. The fourth-order valence-corrected chi connectivity index (χ4v) is 1.95. The molecule has 6 heteroatoms. The first-order chi connectivity index (χ1) is 9.33. The molecule has 1 fully saturated rings. The molecule has 1 saturated carbocycles. The SMILES string of the molecule is COCc1cc(Cn2cnc(CNC3CC3)c2)no1. The minimum Gasteiger partial charge on any atom is -0.377 e. The molecule has 2 aromatic rings. The van der Waals surface area contributed by atoms with Crippen LogP contribution in [0.1, 0.15) is 30.0 Å². The first kappa shape index (κ1) is 12.4. The molecule has 0 radical (unpaired) electrons. The number of ether oxygens (including phenoxy) is 1. The Labute approximate surface area is 111 Å². The van der Waals surface area contributed by atoms with Crippen molar-refractivity contribution in [1.82, 2.24) is 20.0 Å². The third-order valence-corrected chi connectivity index (χ3v) is 3.07. The van der Waals surface area contributed by atoms with Gasteiger partial charge in [0.25, 0.3) is 0 Å². The number of rotatable bonds is 7. The molecule has 19 heavy (non-hydrogen) atoms. The monoisotopic (exact) mass is 262 g/mol. The number of methoxy groups -OCH3 is 1. The van der Waals surface area contributed by atoms with Crippen LogP contribution < -0.4 is 5.32 Å². The van der Waals surface area contributed by atoms with Gasteiger partial charge in [0.2, 0.25) is 0 Å². The number of aromatic nitrogens is 3. The molecule has 0 saturated heterocycles. The lowest BCUT2D eigenvalue weighted by molar-refractivity contribution is 0.155. The highest BCUT2D eigenvalue weighted by Crippen LogP contribution is 2.19. The van der Waals surface area contributed by atoms with Gasteiger partial charge in [0.1, 0.15) is 12.3 Å². The molecule has 102 valence electrons. The Hall–Kier alpha value is -1.66. The quantitative estimate of drug-likeness (QED) is 0.815. The van der Waals surface area contributed by atoms with Gasteiger partial charge >= 0.3 is 0 Å². The molecule has 0 aromatic carbocycles. The molecule has 0 bridgehead atoms. The second kappa shape index (κ2) is 5.54. The average Bonchev–Trinajstić information content (AvgIpc) is 2.97. The Kier molecular flexibility index (Phi) is 3.61. The summed E-state index contributed by atoms with van der Waals surface area (Å²) in [5.74, 6) is 0.744. The summed E-state index contributed by atoms with van der Waals surface area (Å²) in [5.41, 5.74) is 1.94. The van der Waals surface area contributed by atoms with Gasteiger partial charge in [-0.15, -0.1) is 0 Å². The van der Waals surface area contributed by atoms with E-state index >= 15 is 0 Å². The van der Waals surface area contributed by atoms with E-state index in [1.165, 1.54) is 12.8 Å². The second-order valence-corrected chi connectivity index (χ2v) is 4.91. The molecule has 1 N–H and O–H groups in total. The molecule has 0 amide bonds. The van der Waals surface area contributed by atoms with Crippen LogP contribution >= 0.6 is 0 Å². The summed E-state index contributed by atoms with van der Waals surface area (Å²) in [6.45, 7) is 1.96. The van der Waals surface area contributed by atoms with Crippen molar-refractivity contribution in [1.29, 1.82) is 0 Å². The maximum atomic E-state index is 5.15. The highest BCUT2D eigenvalue weighted by Gasteiger charge is 2.20. The molecule has 2 aromatic heterocycles. The zero-order valence-electron chi connectivity index (χ0n) is 11.0. The van der Waals surface area contributed by atoms with Gasteiger partial charge in [-0.3, -0.25) is 0 Å². The molecule has 0 aliphatic heterocycles. The number of nitrogens with one attached hydrogen (secondary N) is 1. The lowest BCUT2D eigenvalue weighted by Gasteiger charge is -1.98. The summed E-state index contributed by atoms with van der Waals surface area (Å²) in [4.78, 5) is 4.37. The minimum atomic E-state index is 0.452. The van der Waals surface area contributed by atoms with Crippen LogP contribution in [0, 0.1) is 0 Å². The zero-order chi connectivity index (χ0) is 13.1. The van der Waals surface area contributed by atoms with E-state index in [1.807, 2.05) is 23.2 Å². The van der Waals surface area contributed by atoms with Gasteiger partial charge in [0.15, 0.2) is 5.76 Å². The summed E-state index contributed by atoms with van der Waals surface area (Å²) < 4.78 is 12.2. The number of hydrogen-bond acceptors (Lipinski definition) is 5. The lowest BCUT2D eigenvalue weighted by atomic mass is 10.3. The zero-order valence-corrected chi connectivity index (χ0v) is 11.0. The lowest BCUT2D eigenvalue weighted by Crippen LogP contribution is -2.15. The average molecular weight is 262 g/mol. The molecule has 0 spiro atoms. The van der Waals surface area contributed by atoms with Crippen LogP contribution in [0.2, 0.25) is 0 Å². The van der Waals surface area contributed by atoms with E-state index in [9.17, 15) is 0 Å². The van der Waals surface area contributed by atoms with Crippen molar-refractivity contribution in [2.45, 2.75) is 38.6 Å². The van der Waals surface area contributed by atoms with E-state index in [0.717, 1.165) is 23.7 Å². The standard InChI is InChI=1S/C13H18N4O2/c1-18-8-13-4-11(16-19-13)6-17-7-12(15-9-17)5-14-10-2-3-10/h4,7,9-10,14H,2-3,5-6,8H2,1H3. The van der Waals surface area contributed by atoms with Crippen LogP contribution in [0.5, 0.6) is 0 Å². The Bertz CT molecular complexity index is 530. The second-order valence-electron chi connectivity index (χ2n) is 4.91. The Morgan fingerprint density at radius 2 is 2.37 bits per heavy atom. The molecular formula is C13H18N4O2. The Morgan fingerprint density at radius 3 is 3.16 bits per heavy atom. The van der Waals surface area contributed by atoms with Crippen molar-refractivity contribution in [3.63, 3.8) is 0 Å². The van der Waals surface area contributed by atoms with Crippen LogP contribution in [0.4, 0.5) is 0 Å². The van der Waals surface area contributed by atoms with E-state index in [0.29, 0.717) is 19.2 Å². The first-order valence-corrected chi connectivity index (χ1v) is 6.51. The highest BCUT2D eigenvalue weighted by atomic mass is 16.5. The number of imidazole rings is 1. The van der Waals surface area contributed by atoms with Crippen molar-refractivity contribution in [2.75, 3.05) is 7.11 Å². The normalized spacial score (nSPS) is 15.0. The van der Waals surface area contributed by atoms with E-state index in [1.54, 1.807) is 7.11 Å². The third kappa shape index (κ3) is 3.42. The molecular weight excluding hydrogens is 244 g/mol. The van der Waals surface area contributed by atoms with Crippen LogP contribution in [0.15, 0.2) is 23.1 Å². The van der Waals surface area contributed by atoms with Gasteiger partial charge in [0, 0.05) is 32.0 Å². The molecule has 3 rings (SSSR count). The van der Waals surface area contributed by atoms with Crippen molar-refractivity contribution < 1.29 is 9.26 Å². The summed E-state index contributed by atoms with van der Waals surface area (Å²) in [5, 5.41) is 7.45. The van der Waals surface area contributed by atoms with Gasteiger partial charge < -0.3 is 19.1 Å². The van der Waals surface area contributed by atoms with Gasteiger partial charge in [0.05, 0.1) is 18.6 Å². The van der Waals surface area contributed by atoms with E-state index in [-0.39, 0.29) is 0 Å². The predicted octanol–water partition coefficient (Wildman–Crippen LogP) is 1.32. The maximum Gasteiger partial charge on any atom is 0.162 e. The minimum absolute atomic E-state index is 0.452. The van der Waals surface area contributed by atoms with Crippen molar-refractivity contribution >= 4 is 0 Å². The summed E-state index contributed by atoms with van der Waals surface area (Å²) in [6, 6.07) is 2.61. The summed E-state index contributed by atoms with van der Waals surface area (Å²) in [6.07, 6.45) is 6.46. The van der Waals surface area contributed by atoms with Crippen molar-refractivity contribution in [2.24, 2.45) is 0 Å². The van der Waals surface area contributed by atoms with Crippen LogP contribution in [-0.4, -0.2) is 27.9 Å². The van der Waals surface area contributed by atoms with Gasteiger partial charge in [-0.2, -0.15) is 0 Å². The maximum absolute atomic E-state index is 5.15. The topological polar surface area (TPSA) is 65.1 Å².